The van der Waals surface area contributed by atoms with Crippen molar-refractivity contribution in [2.45, 2.75) is 26.4 Å². The fourth-order valence-electron chi connectivity index (χ4n) is 2.08. The molecule has 2 aromatic carbocycles. The molecule has 2 aromatic rings. The van der Waals surface area contributed by atoms with Gasteiger partial charge in [-0.1, -0.05) is 35.9 Å². The summed E-state index contributed by atoms with van der Waals surface area (Å²) >= 11 is 5.98. The van der Waals surface area contributed by atoms with Crippen molar-refractivity contribution in [2.24, 2.45) is 0 Å². The first-order valence-corrected chi connectivity index (χ1v) is 7.05. The zero-order chi connectivity index (χ0) is 15.4. The Balaban J connectivity index is 2.22. The summed E-state index contributed by atoms with van der Waals surface area (Å²) in [6.07, 6.45) is -0.668. The van der Waals surface area contributed by atoms with Gasteiger partial charge in [-0.3, -0.25) is 0 Å². The van der Waals surface area contributed by atoms with Crippen molar-refractivity contribution in [3.8, 4) is 5.75 Å². The molecule has 0 saturated heterocycles. The van der Waals surface area contributed by atoms with Crippen molar-refractivity contribution in [3.05, 3.63) is 64.2 Å². The number of carbonyl (C=O) groups is 1. The van der Waals surface area contributed by atoms with E-state index in [-0.39, 0.29) is 6.42 Å². The van der Waals surface area contributed by atoms with E-state index < -0.39 is 12.1 Å². The maximum atomic E-state index is 11.5. The van der Waals surface area contributed by atoms with Gasteiger partial charge in [-0.05, 0) is 48.7 Å². The molecule has 1 atom stereocenters. The summed E-state index contributed by atoms with van der Waals surface area (Å²) in [5.41, 5.74) is 2.79. The molecule has 0 radical (unpaired) electrons. The molecule has 0 aliphatic heterocycles. The molecular formula is C17H17ClO3. The lowest BCUT2D eigenvalue weighted by molar-refractivity contribution is -0.145. The molecule has 3 nitrogen and oxygen atoms in total. The molecule has 0 fully saturated rings. The van der Waals surface area contributed by atoms with Crippen LogP contribution >= 0.6 is 11.6 Å². The number of hydrogen-bond donors (Lipinski definition) is 1. The largest absolute Gasteiger partial charge is 0.478 e. The number of aryl methyl sites for hydroxylation is 2. The van der Waals surface area contributed by atoms with Gasteiger partial charge >= 0.3 is 5.97 Å². The van der Waals surface area contributed by atoms with Crippen molar-refractivity contribution in [2.75, 3.05) is 0 Å². The highest BCUT2D eigenvalue weighted by atomic mass is 35.5. The van der Waals surface area contributed by atoms with Gasteiger partial charge in [-0.15, -0.1) is 0 Å². The minimum absolute atomic E-state index is 0.274. The van der Waals surface area contributed by atoms with Gasteiger partial charge in [0.15, 0.2) is 6.10 Å². The molecule has 0 aromatic heterocycles. The number of para-hydroxylation sites is 1. The van der Waals surface area contributed by atoms with Crippen molar-refractivity contribution in [1.82, 2.24) is 0 Å². The number of hydrogen-bond acceptors (Lipinski definition) is 2. The molecule has 4 heteroatoms. The summed E-state index contributed by atoms with van der Waals surface area (Å²) in [7, 11) is 0. The van der Waals surface area contributed by atoms with E-state index in [1.807, 2.05) is 38.1 Å². The summed E-state index contributed by atoms with van der Waals surface area (Å²) in [5, 5.41) is 9.98. The number of ether oxygens (including phenoxy) is 1. The van der Waals surface area contributed by atoms with Crippen LogP contribution in [0.1, 0.15) is 16.7 Å². The van der Waals surface area contributed by atoms with E-state index in [9.17, 15) is 9.90 Å². The molecule has 0 unspecified atom stereocenters. The van der Waals surface area contributed by atoms with Gasteiger partial charge in [-0.25, -0.2) is 4.79 Å². The average molecular weight is 305 g/mol. The Labute approximate surface area is 129 Å². The predicted molar refractivity (Wildman–Crippen MR) is 83.1 cm³/mol. The number of carboxylic acid groups (broad SMARTS) is 1. The number of carboxylic acids is 1. The molecule has 0 spiro atoms. The topological polar surface area (TPSA) is 46.5 Å². The Hall–Kier alpha value is -2.00. The van der Waals surface area contributed by atoms with Gasteiger partial charge in [0.05, 0.1) is 0 Å². The lowest BCUT2D eigenvalue weighted by Gasteiger charge is -2.18. The maximum absolute atomic E-state index is 11.5. The Morgan fingerprint density at radius 2 is 1.90 bits per heavy atom. The van der Waals surface area contributed by atoms with Gasteiger partial charge in [0, 0.05) is 11.4 Å². The number of aliphatic carboxylic acids is 1. The van der Waals surface area contributed by atoms with Crippen LogP contribution in [0.2, 0.25) is 5.02 Å². The maximum Gasteiger partial charge on any atom is 0.345 e. The second kappa shape index (κ2) is 6.64. The molecule has 1 N–H and O–H groups in total. The molecular weight excluding hydrogens is 288 g/mol. The molecule has 110 valence electrons. The highest BCUT2D eigenvalue weighted by Gasteiger charge is 2.21. The average Bonchev–Trinajstić information content (AvgIpc) is 2.44. The smallest absolute Gasteiger partial charge is 0.345 e. The van der Waals surface area contributed by atoms with Crippen LogP contribution in [-0.4, -0.2) is 17.2 Å². The van der Waals surface area contributed by atoms with Gasteiger partial charge < -0.3 is 9.84 Å². The molecule has 21 heavy (non-hydrogen) atoms. The molecule has 0 bridgehead atoms. The van der Waals surface area contributed by atoms with Crippen LogP contribution < -0.4 is 4.74 Å². The molecule has 0 aliphatic rings. The van der Waals surface area contributed by atoms with E-state index in [1.165, 1.54) is 0 Å². The Kier molecular flexibility index (Phi) is 4.86. The Bertz CT molecular complexity index is 652. The first kappa shape index (κ1) is 15.4. The van der Waals surface area contributed by atoms with Gasteiger partial charge in [0.1, 0.15) is 5.75 Å². The van der Waals surface area contributed by atoms with Crippen molar-refractivity contribution in [1.29, 1.82) is 0 Å². The lowest BCUT2D eigenvalue weighted by Crippen LogP contribution is -2.30. The van der Waals surface area contributed by atoms with E-state index in [1.54, 1.807) is 18.2 Å². The van der Waals surface area contributed by atoms with Gasteiger partial charge in [0.25, 0.3) is 0 Å². The minimum atomic E-state index is -0.988. The summed E-state index contributed by atoms with van der Waals surface area (Å²) in [4.78, 5) is 11.5. The van der Waals surface area contributed by atoms with Crippen molar-refractivity contribution >= 4 is 17.6 Å². The van der Waals surface area contributed by atoms with Crippen LogP contribution in [0.15, 0.2) is 42.5 Å². The highest BCUT2D eigenvalue weighted by molar-refractivity contribution is 6.30. The number of rotatable bonds is 5. The van der Waals surface area contributed by atoms with Crippen LogP contribution in [0, 0.1) is 13.8 Å². The fourth-order valence-corrected chi connectivity index (χ4v) is 2.28. The monoisotopic (exact) mass is 304 g/mol. The van der Waals surface area contributed by atoms with E-state index in [2.05, 4.69) is 0 Å². The minimum Gasteiger partial charge on any atom is -0.478 e. The third-order valence-electron chi connectivity index (χ3n) is 3.35. The Morgan fingerprint density at radius 1 is 1.19 bits per heavy atom. The second-order valence-corrected chi connectivity index (χ2v) is 5.42. The lowest BCUT2D eigenvalue weighted by atomic mass is 10.0. The van der Waals surface area contributed by atoms with Crippen LogP contribution in [0.4, 0.5) is 0 Å². The highest BCUT2D eigenvalue weighted by Crippen LogP contribution is 2.22. The van der Waals surface area contributed by atoms with Crippen LogP contribution in [0.5, 0.6) is 5.75 Å². The molecule has 0 saturated carbocycles. The standard InChI is InChI=1S/C17H17ClO3/c1-11-7-8-14(18)9-13(11)10-16(17(19)20)21-15-6-4-3-5-12(15)2/h3-9,16H,10H2,1-2H3,(H,19,20)/t16-/m0/s1. The Morgan fingerprint density at radius 3 is 2.57 bits per heavy atom. The molecule has 0 heterocycles. The van der Waals surface area contributed by atoms with Gasteiger partial charge in [0.2, 0.25) is 0 Å². The zero-order valence-corrected chi connectivity index (χ0v) is 12.7. The third-order valence-corrected chi connectivity index (χ3v) is 3.59. The zero-order valence-electron chi connectivity index (χ0n) is 12.0. The van der Waals surface area contributed by atoms with Crippen molar-refractivity contribution in [3.63, 3.8) is 0 Å². The van der Waals surface area contributed by atoms with E-state index in [0.717, 1.165) is 16.7 Å². The van der Waals surface area contributed by atoms with E-state index >= 15 is 0 Å². The first-order chi connectivity index (χ1) is 9.97. The summed E-state index contributed by atoms with van der Waals surface area (Å²) in [6.45, 7) is 3.82. The van der Waals surface area contributed by atoms with E-state index in [4.69, 9.17) is 16.3 Å². The molecule has 2 rings (SSSR count). The second-order valence-electron chi connectivity index (χ2n) is 4.99. The fraction of sp³-hybridized carbons (Fsp3) is 0.235. The quantitative estimate of drug-likeness (QED) is 0.907. The van der Waals surface area contributed by atoms with E-state index in [0.29, 0.717) is 10.8 Å². The van der Waals surface area contributed by atoms with Gasteiger partial charge in [-0.2, -0.15) is 0 Å². The number of benzene rings is 2. The van der Waals surface area contributed by atoms with Crippen LogP contribution in [0.3, 0.4) is 0 Å². The summed E-state index contributed by atoms with van der Waals surface area (Å²) in [5.74, 6) is -0.401. The summed E-state index contributed by atoms with van der Waals surface area (Å²) in [6, 6.07) is 12.8. The van der Waals surface area contributed by atoms with Crippen molar-refractivity contribution < 1.29 is 14.6 Å². The van der Waals surface area contributed by atoms with Crippen LogP contribution in [0.25, 0.3) is 0 Å². The molecule has 0 aliphatic carbocycles. The third kappa shape index (κ3) is 3.99. The normalized spacial score (nSPS) is 12.0. The summed E-state index contributed by atoms with van der Waals surface area (Å²) < 4.78 is 5.66. The SMILES string of the molecule is Cc1ccc(Cl)cc1C[C@H](Oc1ccccc1C)C(=O)O. The number of halogens is 1. The van der Waals surface area contributed by atoms with Crippen LogP contribution in [-0.2, 0) is 11.2 Å². The first-order valence-electron chi connectivity index (χ1n) is 6.67. The predicted octanol–water partition coefficient (Wildman–Crippen LogP) is 4.03. The molecule has 0 amide bonds.